The number of benzene rings is 1. The second-order valence-electron chi connectivity index (χ2n) is 5.90. The third kappa shape index (κ3) is 3.58. The first-order chi connectivity index (χ1) is 9.47. The Labute approximate surface area is 120 Å². The van der Waals surface area contributed by atoms with Gasteiger partial charge in [0, 0.05) is 6.54 Å². The third-order valence-electron chi connectivity index (χ3n) is 3.89. The van der Waals surface area contributed by atoms with Crippen molar-refractivity contribution in [1.82, 2.24) is 10.6 Å². The zero-order chi connectivity index (χ0) is 14.7. The van der Waals surface area contributed by atoms with Crippen LogP contribution in [0.1, 0.15) is 50.3 Å². The first-order valence-electron chi connectivity index (χ1n) is 7.29. The normalized spacial score (nSPS) is 23.9. The van der Waals surface area contributed by atoms with Gasteiger partial charge in [-0.2, -0.15) is 0 Å². The van der Waals surface area contributed by atoms with Crippen LogP contribution in [0, 0.1) is 0 Å². The van der Waals surface area contributed by atoms with Crippen molar-refractivity contribution < 1.29 is 9.90 Å². The molecule has 1 fully saturated rings. The fourth-order valence-corrected chi connectivity index (χ4v) is 2.48. The minimum atomic E-state index is -0.411. The Morgan fingerprint density at radius 3 is 2.35 bits per heavy atom. The Bertz CT molecular complexity index is 456. The zero-order valence-electron chi connectivity index (χ0n) is 12.4. The van der Waals surface area contributed by atoms with Gasteiger partial charge in [-0.3, -0.25) is 4.79 Å². The molecule has 4 heteroatoms. The zero-order valence-corrected chi connectivity index (χ0v) is 12.4. The lowest BCUT2D eigenvalue weighted by Gasteiger charge is -2.18. The lowest BCUT2D eigenvalue weighted by atomic mass is 9.99. The maximum Gasteiger partial charge on any atom is 0.237 e. The molecule has 0 spiro atoms. The van der Waals surface area contributed by atoms with Crippen LogP contribution in [0.15, 0.2) is 24.3 Å². The number of carbonyl (C=O) groups is 1. The first-order valence-corrected chi connectivity index (χ1v) is 7.29. The molecule has 3 atom stereocenters. The average molecular weight is 276 g/mol. The van der Waals surface area contributed by atoms with E-state index in [-0.39, 0.29) is 18.0 Å². The molecule has 0 aromatic heterocycles. The number of hydrogen-bond acceptors (Lipinski definition) is 3. The van der Waals surface area contributed by atoms with E-state index in [1.54, 1.807) is 0 Å². The Morgan fingerprint density at radius 1 is 1.25 bits per heavy atom. The first kappa shape index (κ1) is 15.0. The Balaban J connectivity index is 1.94. The molecule has 1 saturated heterocycles. The molecule has 1 aromatic carbocycles. The van der Waals surface area contributed by atoms with Gasteiger partial charge in [-0.1, -0.05) is 38.1 Å². The Kier molecular flexibility index (Phi) is 4.78. The number of hydrogen-bond donors (Lipinski definition) is 3. The largest absolute Gasteiger partial charge is 0.392 e. The highest BCUT2D eigenvalue weighted by molar-refractivity contribution is 5.82. The molecule has 4 nitrogen and oxygen atoms in total. The molecule has 2 rings (SSSR count). The number of carbonyl (C=O) groups excluding carboxylic acids is 1. The predicted molar refractivity (Wildman–Crippen MR) is 79.5 cm³/mol. The van der Waals surface area contributed by atoms with Gasteiger partial charge in [-0.05, 0) is 30.4 Å². The van der Waals surface area contributed by atoms with Crippen molar-refractivity contribution in [1.29, 1.82) is 0 Å². The fraction of sp³-hybridized carbons (Fsp3) is 0.562. The van der Waals surface area contributed by atoms with Gasteiger partial charge >= 0.3 is 0 Å². The van der Waals surface area contributed by atoms with Crippen LogP contribution in [0.2, 0.25) is 0 Å². The van der Waals surface area contributed by atoms with Crippen molar-refractivity contribution in [2.24, 2.45) is 0 Å². The molecule has 0 saturated carbocycles. The van der Waals surface area contributed by atoms with Crippen LogP contribution in [-0.2, 0) is 4.79 Å². The quantitative estimate of drug-likeness (QED) is 0.784. The van der Waals surface area contributed by atoms with E-state index in [9.17, 15) is 9.90 Å². The molecule has 1 heterocycles. The van der Waals surface area contributed by atoms with Crippen molar-refractivity contribution in [2.75, 3.05) is 6.54 Å². The van der Waals surface area contributed by atoms with Crippen LogP contribution >= 0.6 is 0 Å². The van der Waals surface area contributed by atoms with Gasteiger partial charge in [0.2, 0.25) is 5.91 Å². The molecule has 3 N–H and O–H groups in total. The monoisotopic (exact) mass is 276 g/mol. The van der Waals surface area contributed by atoms with Crippen LogP contribution in [0.3, 0.4) is 0 Å². The number of rotatable bonds is 4. The molecule has 0 radical (unpaired) electrons. The van der Waals surface area contributed by atoms with E-state index in [4.69, 9.17) is 0 Å². The molecule has 1 aliphatic heterocycles. The van der Waals surface area contributed by atoms with Crippen molar-refractivity contribution in [3.8, 4) is 0 Å². The lowest BCUT2D eigenvalue weighted by molar-refractivity contribution is -0.123. The van der Waals surface area contributed by atoms with Crippen LogP contribution in [0.4, 0.5) is 0 Å². The standard InChI is InChI=1S/C16H24N2O2/c1-10(2)12-4-6-13(7-5-12)11(3)18-16(20)15-8-14(19)9-17-15/h4-7,10-11,14-15,17,19H,8-9H2,1-3H3,(H,18,20)/t11-,14+,15+/m0/s1. The summed E-state index contributed by atoms with van der Waals surface area (Å²) in [5.74, 6) is 0.472. The number of amides is 1. The number of aliphatic hydroxyl groups is 1. The van der Waals surface area contributed by atoms with Crippen molar-refractivity contribution >= 4 is 5.91 Å². The summed E-state index contributed by atoms with van der Waals surface area (Å²) >= 11 is 0. The lowest BCUT2D eigenvalue weighted by Crippen LogP contribution is -2.41. The highest BCUT2D eigenvalue weighted by atomic mass is 16.3. The van der Waals surface area contributed by atoms with E-state index >= 15 is 0 Å². The van der Waals surface area contributed by atoms with Crippen LogP contribution in [-0.4, -0.2) is 29.7 Å². The molecule has 0 unspecified atom stereocenters. The van der Waals surface area contributed by atoms with E-state index in [0.29, 0.717) is 18.9 Å². The van der Waals surface area contributed by atoms with Crippen molar-refractivity contribution in [3.05, 3.63) is 35.4 Å². The minimum Gasteiger partial charge on any atom is -0.392 e. The summed E-state index contributed by atoms with van der Waals surface area (Å²) in [6, 6.07) is 8.06. The minimum absolute atomic E-state index is 0.0248. The van der Waals surface area contributed by atoms with Crippen LogP contribution < -0.4 is 10.6 Å². The average Bonchev–Trinajstić information content (AvgIpc) is 2.85. The van der Waals surface area contributed by atoms with Gasteiger partial charge < -0.3 is 15.7 Å². The third-order valence-corrected chi connectivity index (χ3v) is 3.89. The second kappa shape index (κ2) is 6.37. The Hall–Kier alpha value is -1.39. The summed E-state index contributed by atoms with van der Waals surface area (Å²) < 4.78 is 0. The number of β-amino-alcohol motifs (C(OH)–C–C–N with tert-alkyl or cyclic N) is 1. The molecule has 0 bridgehead atoms. The van der Waals surface area contributed by atoms with Gasteiger partial charge in [-0.15, -0.1) is 0 Å². The van der Waals surface area contributed by atoms with E-state index in [1.807, 2.05) is 6.92 Å². The SMILES string of the molecule is CC(C)c1ccc([C@H](C)NC(=O)[C@H]2C[C@@H](O)CN2)cc1. The predicted octanol–water partition coefficient (Wildman–Crippen LogP) is 1.71. The summed E-state index contributed by atoms with van der Waals surface area (Å²) in [4.78, 5) is 12.1. The molecule has 20 heavy (non-hydrogen) atoms. The van der Waals surface area contributed by atoms with E-state index in [2.05, 4.69) is 48.7 Å². The van der Waals surface area contributed by atoms with Gasteiger partial charge in [-0.25, -0.2) is 0 Å². The summed E-state index contributed by atoms with van der Waals surface area (Å²) in [6.45, 7) is 6.80. The van der Waals surface area contributed by atoms with Gasteiger partial charge in [0.25, 0.3) is 0 Å². The van der Waals surface area contributed by atoms with E-state index in [0.717, 1.165) is 5.56 Å². The van der Waals surface area contributed by atoms with E-state index in [1.165, 1.54) is 5.56 Å². The van der Waals surface area contributed by atoms with Crippen molar-refractivity contribution in [3.63, 3.8) is 0 Å². The summed E-state index contributed by atoms with van der Waals surface area (Å²) in [5.41, 5.74) is 2.40. The molecule has 1 aliphatic rings. The molecular weight excluding hydrogens is 252 g/mol. The Morgan fingerprint density at radius 2 is 1.85 bits per heavy atom. The molecule has 1 aromatic rings. The van der Waals surface area contributed by atoms with Gasteiger partial charge in [0.1, 0.15) is 0 Å². The maximum atomic E-state index is 12.1. The molecule has 0 aliphatic carbocycles. The maximum absolute atomic E-state index is 12.1. The number of aliphatic hydroxyl groups excluding tert-OH is 1. The van der Waals surface area contributed by atoms with E-state index < -0.39 is 6.10 Å². The second-order valence-corrected chi connectivity index (χ2v) is 5.90. The molecular formula is C16H24N2O2. The topological polar surface area (TPSA) is 61.4 Å². The summed E-state index contributed by atoms with van der Waals surface area (Å²) in [6.07, 6.45) is 0.0802. The van der Waals surface area contributed by atoms with Gasteiger partial charge in [0.15, 0.2) is 0 Å². The highest BCUT2D eigenvalue weighted by Crippen LogP contribution is 2.19. The smallest absolute Gasteiger partial charge is 0.237 e. The fourth-order valence-electron chi connectivity index (χ4n) is 2.48. The highest BCUT2D eigenvalue weighted by Gasteiger charge is 2.28. The summed E-state index contributed by atoms with van der Waals surface area (Å²) in [7, 11) is 0. The van der Waals surface area contributed by atoms with Crippen LogP contribution in [0.5, 0.6) is 0 Å². The molecule has 1 amide bonds. The number of nitrogens with one attached hydrogen (secondary N) is 2. The molecule has 110 valence electrons. The van der Waals surface area contributed by atoms with Crippen LogP contribution in [0.25, 0.3) is 0 Å². The summed E-state index contributed by atoms with van der Waals surface area (Å²) in [5, 5.41) is 15.5. The van der Waals surface area contributed by atoms with Crippen molar-refractivity contribution in [2.45, 2.75) is 51.3 Å². The van der Waals surface area contributed by atoms with Gasteiger partial charge in [0.05, 0.1) is 18.2 Å².